The Morgan fingerprint density at radius 2 is 2.10 bits per heavy atom. The van der Waals surface area contributed by atoms with Crippen LogP contribution in [0.3, 0.4) is 0 Å². The summed E-state index contributed by atoms with van der Waals surface area (Å²) in [6.07, 6.45) is 2.27. The summed E-state index contributed by atoms with van der Waals surface area (Å²) in [5.41, 5.74) is 7.84. The highest BCUT2D eigenvalue weighted by molar-refractivity contribution is 5.76. The van der Waals surface area contributed by atoms with E-state index in [1.807, 2.05) is 24.3 Å². The summed E-state index contributed by atoms with van der Waals surface area (Å²) in [6.45, 7) is 4.91. The zero-order valence-corrected chi connectivity index (χ0v) is 12.9. The fraction of sp³-hybridized carbons (Fsp3) is 0.588. The maximum Gasteiger partial charge on any atom is 0.220 e. The van der Waals surface area contributed by atoms with Gasteiger partial charge < -0.3 is 16.2 Å². The first-order chi connectivity index (χ1) is 9.93. The van der Waals surface area contributed by atoms with Crippen LogP contribution < -0.4 is 11.1 Å². The van der Waals surface area contributed by atoms with Gasteiger partial charge in [-0.2, -0.15) is 0 Å². The molecule has 0 heterocycles. The molecule has 0 spiro atoms. The third-order valence-electron chi connectivity index (χ3n) is 4.37. The molecular weight excluding hydrogens is 264 g/mol. The Hall–Kier alpha value is -1.39. The standard InChI is InChI=1S/C17H26N2O2/c1-17(2,9-10-18)8-7-15(21)19-16-13-6-4-3-5-12(13)11-14(16)20/h3-6,14,16,20H,7-11,18H2,1-2H3,(H,19,21)/t14-,16+/m1/s1. The average Bonchev–Trinajstić information content (AvgIpc) is 2.73. The molecule has 4 nitrogen and oxygen atoms in total. The molecule has 4 N–H and O–H groups in total. The lowest BCUT2D eigenvalue weighted by Gasteiger charge is -2.24. The summed E-state index contributed by atoms with van der Waals surface area (Å²) in [5.74, 6) is 0.000787. The molecule has 1 aliphatic rings. The van der Waals surface area contributed by atoms with E-state index in [-0.39, 0.29) is 17.4 Å². The van der Waals surface area contributed by atoms with Crippen molar-refractivity contribution in [2.24, 2.45) is 11.1 Å². The lowest BCUT2D eigenvalue weighted by atomic mass is 9.84. The van der Waals surface area contributed by atoms with Crippen molar-refractivity contribution in [2.75, 3.05) is 6.54 Å². The third kappa shape index (κ3) is 4.05. The molecule has 116 valence electrons. The first-order valence-electron chi connectivity index (χ1n) is 7.68. The maximum absolute atomic E-state index is 12.2. The normalized spacial score (nSPS) is 21.1. The predicted octanol–water partition coefficient (Wildman–Crippen LogP) is 1.92. The molecule has 2 atom stereocenters. The van der Waals surface area contributed by atoms with E-state index in [2.05, 4.69) is 19.2 Å². The Labute approximate surface area is 126 Å². The van der Waals surface area contributed by atoms with E-state index in [1.54, 1.807) is 0 Å². The molecule has 0 unspecified atom stereocenters. The van der Waals surface area contributed by atoms with Gasteiger partial charge in [-0.3, -0.25) is 4.79 Å². The molecule has 0 aromatic heterocycles. The number of aliphatic hydroxyl groups is 1. The van der Waals surface area contributed by atoms with Gasteiger partial charge in [0.25, 0.3) is 0 Å². The van der Waals surface area contributed by atoms with Gasteiger partial charge >= 0.3 is 0 Å². The smallest absolute Gasteiger partial charge is 0.220 e. The number of fused-ring (bicyclic) bond motifs is 1. The number of rotatable bonds is 6. The molecule has 0 saturated heterocycles. The predicted molar refractivity (Wildman–Crippen MR) is 83.7 cm³/mol. The van der Waals surface area contributed by atoms with Crippen molar-refractivity contribution in [1.82, 2.24) is 5.32 Å². The van der Waals surface area contributed by atoms with Crippen LogP contribution in [-0.4, -0.2) is 23.7 Å². The van der Waals surface area contributed by atoms with Crippen molar-refractivity contribution in [1.29, 1.82) is 0 Å². The van der Waals surface area contributed by atoms with Gasteiger partial charge in [0.15, 0.2) is 0 Å². The minimum absolute atomic E-state index is 0.000787. The second kappa shape index (κ2) is 6.58. The molecule has 1 aromatic rings. The molecule has 1 aromatic carbocycles. The minimum Gasteiger partial charge on any atom is -0.390 e. The maximum atomic E-state index is 12.2. The fourth-order valence-electron chi connectivity index (χ4n) is 2.96. The Morgan fingerprint density at radius 1 is 1.38 bits per heavy atom. The van der Waals surface area contributed by atoms with Gasteiger partial charge in [-0.25, -0.2) is 0 Å². The summed E-state index contributed by atoms with van der Waals surface area (Å²) >= 11 is 0. The van der Waals surface area contributed by atoms with Crippen molar-refractivity contribution in [3.8, 4) is 0 Å². The Balaban J connectivity index is 1.91. The van der Waals surface area contributed by atoms with Gasteiger partial charge in [-0.15, -0.1) is 0 Å². The molecular formula is C17H26N2O2. The number of hydrogen-bond donors (Lipinski definition) is 3. The van der Waals surface area contributed by atoms with E-state index in [1.165, 1.54) is 0 Å². The number of amides is 1. The summed E-state index contributed by atoms with van der Waals surface area (Å²) < 4.78 is 0. The van der Waals surface area contributed by atoms with Crippen LogP contribution in [-0.2, 0) is 11.2 Å². The van der Waals surface area contributed by atoms with E-state index in [0.29, 0.717) is 19.4 Å². The topological polar surface area (TPSA) is 75.4 Å². The molecule has 0 aliphatic heterocycles. The molecule has 0 fully saturated rings. The van der Waals surface area contributed by atoms with E-state index in [4.69, 9.17) is 5.73 Å². The van der Waals surface area contributed by atoms with Gasteiger partial charge in [0.05, 0.1) is 12.1 Å². The summed E-state index contributed by atoms with van der Waals surface area (Å²) in [7, 11) is 0. The number of benzene rings is 1. The van der Waals surface area contributed by atoms with Crippen LogP contribution in [0, 0.1) is 5.41 Å². The second-order valence-electron chi connectivity index (χ2n) is 6.72. The SMILES string of the molecule is CC(C)(CCN)CCC(=O)N[C@H]1c2ccccc2C[C@H]1O. The van der Waals surface area contributed by atoms with E-state index in [9.17, 15) is 9.90 Å². The largest absolute Gasteiger partial charge is 0.390 e. The van der Waals surface area contributed by atoms with Crippen molar-refractivity contribution in [2.45, 2.75) is 51.7 Å². The summed E-state index contributed by atoms with van der Waals surface area (Å²) in [6, 6.07) is 7.63. The molecule has 2 rings (SSSR count). The van der Waals surface area contributed by atoms with E-state index < -0.39 is 6.10 Å². The minimum atomic E-state index is -0.525. The highest BCUT2D eigenvalue weighted by Crippen LogP contribution is 2.32. The highest BCUT2D eigenvalue weighted by Gasteiger charge is 2.32. The van der Waals surface area contributed by atoms with Crippen LogP contribution in [0.4, 0.5) is 0 Å². The summed E-state index contributed by atoms with van der Waals surface area (Å²) in [5, 5.41) is 13.1. The van der Waals surface area contributed by atoms with Crippen molar-refractivity contribution >= 4 is 5.91 Å². The van der Waals surface area contributed by atoms with Crippen molar-refractivity contribution < 1.29 is 9.90 Å². The first kappa shape index (κ1) is 16.0. The van der Waals surface area contributed by atoms with Crippen molar-refractivity contribution in [3.63, 3.8) is 0 Å². The molecule has 1 amide bonds. The van der Waals surface area contributed by atoms with Gasteiger partial charge in [0.2, 0.25) is 5.91 Å². The van der Waals surface area contributed by atoms with Crippen molar-refractivity contribution in [3.05, 3.63) is 35.4 Å². The molecule has 4 heteroatoms. The van der Waals surface area contributed by atoms with Gasteiger partial charge in [-0.05, 0) is 35.9 Å². The summed E-state index contributed by atoms with van der Waals surface area (Å²) in [4.78, 5) is 12.2. The molecule has 0 saturated carbocycles. The zero-order chi connectivity index (χ0) is 15.5. The third-order valence-corrected chi connectivity index (χ3v) is 4.37. The van der Waals surface area contributed by atoms with Crippen LogP contribution >= 0.6 is 0 Å². The second-order valence-corrected chi connectivity index (χ2v) is 6.72. The van der Waals surface area contributed by atoms with E-state index in [0.717, 1.165) is 24.0 Å². The highest BCUT2D eigenvalue weighted by atomic mass is 16.3. The monoisotopic (exact) mass is 290 g/mol. The molecule has 21 heavy (non-hydrogen) atoms. The molecule has 0 radical (unpaired) electrons. The number of hydrogen-bond acceptors (Lipinski definition) is 3. The molecule has 0 bridgehead atoms. The quantitative estimate of drug-likeness (QED) is 0.749. The number of carbonyl (C=O) groups is 1. The van der Waals surface area contributed by atoms with E-state index >= 15 is 0 Å². The lowest BCUT2D eigenvalue weighted by Crippen LogP contribution is -2.34. The number of carbonyl (C=O) groups excluding carboxylic acids is 1. The fourth-order valence-corrected chi connectivity index (χ4v) is 2.96. The number of aliphatic hydroxyl groups excluding tert-OH is 1. The Bertz CT molecular complexity index is 499. The Kier molecular flexibility index (Phi) is 5.01. The van der Waals surface area contributed by atoms with Crippen LogP contribution in [0.5, 0.6) is 0 Å². The molecule has 1 aliphatic carbocycles. The average molecular weight is 290 g/mol. The van der Waals surface area contributed by atoms with Gasteiger partial charge in [0, 0.05) is 12.8 Å². The van der Waals surface area contributed by atoms with Crippen LogP contribution in [0.15, 0.2) is 24.3 Å². The Morgan fingerprint density at radius 3 is 2.81 bits per heavy atom. The van der Waals surface area contributed by atoms with Crippen LogP contribution in [0.25, 0.3) is 0 Å². The lowest BCUT2D eigenvalue weighted by molar-refractivity contribution is -0.123. The van der Waals surface area contributed by atoms with Crippen LogP contribution in [0.1, 0.15) is 50.3 Å². The number of nitrogens with one attached hydrogen (secondary N) is 1. The zero-order valence-electron chi connectivity index (χ0n) is 12.9. The first-order valence-corrected chi connectivity index (χ1v) is 7.68. The van der Waals surface area contributed by atoms with Gasteiger partial charge in [-0.1, -0.05) is 38.1 Å². The van der Waals surface area contributed by atoms with Crippen LogP contribution in [0.2, 0.25) is 0 Å². The van der Waals surface area contributed by atoms with Gasteiger partial charge in [0.1, 0.15) is 0 Å². The number of nitrogens with two attached hydrogens (primary N) is 1.